The predicted octanol–water partition coefficient (Wildman–Crippen LogP) is 4.45. The normalized spacial score (nSPS) is 12.2. The first-order chi connectivity index (χ1) is 16.8. The molecule has 1 aromatic heterocycles. The Morgan fingerprint density at radius 3 is 2.29 bits per heavy atom. The fourth-order valence-electron chi connectivity index (χ4n) is 3.41. The van der Waals surface area contributed by atoms with E-state index in [-0.39, 0.29) is 26.9 Å². The Balaban J connectivity index is 1.98. The number of anilines is 2. The lowest BCUT2D eigenvalue weighted by molar-refractivity contribution is 0.0600. The number of hydrazine groups is 1. The van der Waals surface area contributed by atoms with Crippen LogP contribution in [0.2, 0.25) is 0 Å². The van der Waals surface area contributed by atoms with Crippen molar-refractivity contribution >= 4 is 59.4 Å². The predicted molar refractivity (Wildman–Crippen MR) is 136 cm³/mol. The number of methoxy groups -OCH3 is 2. The molecule has 4 aromatic rings. The fourth-order valence-corrected chi connectivity index (χ4v) is 7.13. The summed E-state index contributed by atoms with van der Waals surface area (Å²) in [5.41, 5.74) is 0.0660. The Morgan fingerprint density at radius 2 is 1.66 bits per heavy atom. The number of para-hydroxylation sites is 1. The molecule has 1 atom stereocenters. The minimum Gasteiger partial charge on any atom is -0.495 e. The molecule has 0 radical (unpaired) electrons. The number of hydrogen-bond donors (Lipinski definition) is 1. The van der Waals surface area contributed by atoms with Crippen LogP contribution in [0.4, 0.5) is 10.7 Å². The highest BCUT2D eigenvalue weighted by Crippen LogP contribution is 2.39. The van der Waals surface area contributed by atoms with Gasteiger partial charge in [-0.3, -0.25) is 4.55 Å². The summed E-state index contributed by atoms with van der Waals surface area (Å²) >= 11 is -1.65. The molecule has 1 unspecified atom stereocenters. The van der Waals surface area contributed by atoms with Gasteiger partial charge in [0.15, 0.2) is 0 Å². The summed E-state index contributed by atoms with van der Waals surface area (Å²) in [5, 5.41) is 0.987. The van der Waals surface area contributed by atoms with Crippen LogP contribution in [0.5, 0.6) is 5.75 Å². The van der Waals surface area contributed by atoms with Gasteiger partial charge in [-0.25, -0.2) is 9.00 Å². The molecule has 9 nitrogen and oxygen atoms in total. The highest BCUT2D eigenvalue weighted by Gasteiger charge is 2.37. The first-order valence-electron chi connectivity index (χ1n) is 10.0. The summed E-state index contributed by atoms with van der Waals surface area (Å²) in [6.07, 6.45) is 0. The average Bonchev–Trinajstić information content (AvgIpc) is 3.30. The van der Waals surface area contributed by atoms with Crippen molar-refractivity contribution in [3.8, 4) is 5.75 Å². The van der Waals surface area contributed by atoms with Gasteiger partial charge in [-0.05, 0) is 47.9 Å². The number of rotatable bonds is 8. The minimum absolute atomic E-state index is 0.0292. The van der Waals surface area contributed by atoms with Crippen LogP contribution < -0.4 is 13.6 Å². The topological polar surface area (TPSA) is 113 Å². The molecule has 0 bridgehead atoms. The van der Waals surface area contributed by atoms with Gasteiger partial charge in [0.1, 0.15) is 15.6 Å². The summed E-state index contributed by atoms with van der Waals surface area (Å²) in [5.74, 6) is -0.805. The van der Waals surface area contributed by atoms with Gasteiger partial charge in [0.05, 0.1) is 25.5 Å². The second kappa shape index (κ2) is 10.0. The van der Waals surface area contributed by atoms with Gasteiger partial charge >= 0.3 is 5.97 Å². The van der Waals surface area contributed by atoms with Crippen molar-refractivity contribution in [3.05, 3.63) is 84.4 Å². The van der Waals surface area contributed by atoms with Crippen LogP contribution in [-0.2, 0) is 26.0 Å². The SMILES string of the molecule is COC(=O)c1ccc(OC)c(S(=O)(=O)N(c2ccccc2)N(c2cc3ccccc3s2)S(=O)O)c1. The molecule has 1 heterocycles. The second-order valence-electron chi connectivity index (χ2n) is 7.07. The zero-order valence-corrected chi connectivity index (χ0v) is 21.0. The van der Waals surface area contributed by atoms with Crippen molar-refractivity contribution in [2.45, 2.75) is 4.90 Å². The van der Waals surface area contributed by atoms with Crippen LogP contribution in [0.25, 0.3) is 10.1 Å². The number of carbonyl (C=O) groups is 1. The number of esters is 1. The van der Waals surface area contributed by atoms with Crippen LogP contribution >= 0.6 is 11.3 Å². The average molecular weight is 533 g/mol. The van der Waals surface area contributed by atoms with Crippen LogP contribution in [0.3, 0.4) is 0 Å². The molecule has 0 aliphatic rings. The number of thiophene rings is 1. The first-order valence-corrected chi connectivity index (χ1v) is 13.4. The first kappa shape index (κ1) is 24.7. The van der Waals surface area contributed by atoms with Crippen molar-refractivity contribution in [3.63, 3.8) is 0 Å². The summed E-state index contributed by atoms with van der Waals surface area (Å²) in [7, 11) is -2.15. The number of carbonyl (C=O) groups excluding carboxylic acids is 1. The molecule has 0 spiro atoms. The Bertz CT molecular complexity index is 1470. The molecule has 0 amide bonds. The Labute approximate surface area is 208 Å². The molecule has 182 valence electrons. The molecule has 0 fully saturated rings. The maximum Gasteiger partial charge on any atom is 0.337 e. The number of benzene rings is 3. The van der Waals surface area contributed by atoms with Gasteiger partial charge in [0.25, 0.3) is 21.3 Å². The summed E-state index contributed by atoms with van der Waals surface area (Å²) in [6, 6.07) is 20.6. The molecular formula is C23H20N2O7S3. The van der Waals surface area contributed by atoms with Gasteiger partial charge in [-0.1, -0.05) is 36.4 Å². The van der Waals surface area contributed by atoms with Crippen LogP contribution in [0.1, 0.15) is 10.4 Å². The van der Waals surface area contributed by atoms with Crippen molar-refractivity contribution in [1.82, 2.24) is 0 Å². The highest BCUT2D eigenvalue weighted by molar-refractivity contribution is 7.94. The van der Waals surface area contributed by atoms with Gasteiger partial charge < -0.3 is 9.47 Å². The molecule has 35 heavy (non-hydrogen) atoms. The van der Waals surface area contributed by atoms with Crippen molar-refractivity contribution in [2.75, 3.05) is 23.0 Å². The lowest BCUT2D eigenvalue weighted by Crippen LogP contribution is -2.47. The van der Waals surface area contributed by atoms with E-state index in [0.29, 0.717) is 0 Å². The van der Waals surface area contributed by atoms with E-state index in [4.69, 9.17) is 9.47 Å². The number of sulfonamides is 1. The molecule has 1 N–H and O–H groups in total. The van der Waals surface area contributed by atoms with Gasteiger partial charge in [-0.2, -0.15) is 17.2 Å². The largest absolute Gasteiger partial charge is 0.495 e. The third kappa shape index (κ3) is 4.73. The van der Waals surface area contributed by atoms with Crippen LogP contribution in [0.15, 0.2) is 83.8 Å². The van der Waals surface area contributed by atoms with Gasteiger partial charge in [0.2, 0.25) is 0 Å². The monoisotopic (exact) mass is 532 g/mol. The Hall–Kier alpha value is -3.45. The molecule has 0 aliphatic heterocycles. The summed E-state index contributed by atoms with van der Waals surface area (Å²) in [6.45, 7) is 0. The third-order valence-corrected chi connectivity index (χ3v) is 8.65. The van der Waals surface area contributed by atoms with E-state index in [1.807, 2.05) is 24.3 Å². The molecule has 0 aliphatic carbocycles. The van der Waals surface area contributed by atoms with E-state index in [1.165, 1.54) is 38.5 Å². The zero-order valence-electron chi connectivity index (χ0n) is 18.5. The molecule has 3 aromatic carbocycles. The van der Waals surface area contributed by atoms with E-state index in [2.05, 4.69) is 0 Å². The van der Waals surface area contributed by atoms with E-state index in [9.17, 15) is 22.0 Å². The lowest BCUT2D eigenvalue weighted by atomic mass is 10.2. The van der Waals surface area contributed by atoms with E-state index >= 15 is 0 Å². The summed E-state index contributed by atoms with van der Waals surface area (Å²) < 4.78 is 63.6. The van der Waals surface area contributed by atoms with E-state index in [1.54, 1.807) is 24.3 Å². The van der Waals surface area contributed by atoms with Crippen LogP contribution in [0, 0.1) is 0 Å². The van der Waals surface area contributed by atoms with Crippen LogP contribution in [-0.4, -0.2) is 37.4 Å². The number of fused-ring (bicyclic) bond motifs is 1. The van der Waals surface area contributed by atoms with Gasteiger partial charge in [0, 0.05) is 4.70 Å². The molecule has 12 heteroatoms. The molecular weight excluding hydrogens is 512 g/mol. The highest BCUT2D eigenvalue weighted by atomic mass is 32.2. The molecule has 0 saturated heterocycles. The maximum absolute atomic E-state index is 14.1. The molecule has 4 rings (SSSR count). The lowest BCUT2D eigenvalue weighted by Gasteiger charge is -2.33. The van der Waals surface area contributed by atoms with Crippen molar-refractivity contribution in [2.24, 2.45) is 0 Å². The fraction of sp³-hybridized carbons (Fsp3) is 0.0870. The number of ether oxygens (including phenoxy) is 2. The summed E-state index contributed by atoms with van der Waals surface area (Å²) in [4.78, 5) is 11.7. The van der Waals surface area contributed by atoms with Crippen molar-refractivity contribution in [1.29, 1.82) is 0 Å². The number of hydrogen-bond acceptors (Lipinski definition) is 7. The molecule has 0 saturated carbocycles. The maximum atomic E-state index is 14.1. The van der Waals surface area contributed by atoms with E-state index < -0.39 is 27.3 Å². The quantitative estimate of drug-likeness (QED) is 0.203. The second-order valence-corrected chi connectivity index (χ2v) is 10.7. The zero-order chi connectivity index (χ0) is 25.2. The third-order valence-electron chi connectivity index (χ3n) is 4.98. The minimum atomic E-state index is -4.61. The standard InChI is InChI=1S/C23H20N2O7S3/c1-31-19-13-12-17(23(26)32-2)14-21(19)35(29,30)25(18-9-4-3-5-10-18)24(34(27)28)22-15-16-8-6-7-11-20(16)33-22/h3-15H,1-2H3,(H,27,28). The smallest absolute Gasteiger partial charge is 0.337 e. The van der Waals surface area contributed by atoms with Gasteiger partial charge in [-0.15, -0.1) is 11.3 Å². The Kier molecular flexibility index (Phi) is 7.08. The van der Waals surface area contributed by atoms with E-state index in [0.717, 1.165) is 36.3 Å². The Morgan fingerprint density at radius 1 is 0.971 bits per heavy atom. The number of nitrogens with zero attached hydrogens (tertiary/aromatic N) is 2. The van der Waals surface area contributed by atoms with Crippen molar-refractivity contribution < 1.29 is 31.4 Å².